The number of carbonyl (C=O) groups excluding carboxylic acids is 1. The standard InChI is InChI=1S/C24H24FN3O4S/c25-22-16-20(9-10-23(22)28-11-13-32-14-12-28)27-24(29)19-7-4-8-21(15-19)33(30,31)26-17-18-5-2-1-3-6-18/h1-10,15-16,26H,11-14,17H2,(H,27,29). The van der Waals surface area contributed by atoms with Gasteiger partial charge in [0.05, 0.1) is 23.8 Å². The first-order valence-corrected chi connectivity index (χ1v) is 12.0. The van der Waals surface area contributed by atoms with Crippen LogP contribution in [0.1, 0.15) is 15.9 Å². The van der Waals surface area contributed by atoms with Gasteiger partial charge in [-0.1, -0.05) is 36.4 Å². The number of nitrogens with zero attached hydrogens (tertiary/aromatic N) is 1. The number of carbonyl (C=O) groups is 1. The highest BCUT2D eigenvalue weighted by molar-refractivity contribution is 7.89. The van der Waals surface area contributed by atoms with Crippen LogP contribution in [-0.2, 0) is 21.3 Å². The van der Waals surface area contributed by atoms with Gasteiger partial charge in [0.1, 0.15) is 5.82 Å². The van der Waals surface area contributed by atoms with Crippen LogP contribution in [0.4, 0.5) is 15.8 Å². The monoisotopic (exact) mass is 469 g/mol. The van der Waals surface area contributed by atoms with Gasteiger partial charge in [-0.05, 0) is 42.0 Å². The Morgan fingerprint density at radius 1 is 0.970 bits per heavy atom. The van der Waals surface area contributed by atoms with Crippen LogP contribution in [-0.4, -0.2) is 40.6 Å². The number of halogens is 1. The molecule has 0 unspecified atom stereocenters. The molecule has 0 bridgehead atoms. The summed E-state index contributed by atoms with van der Waals surface area (Å²) in [5.41, 5.74) is 1.70. The van der Waals surface area contributed by atoms with Crippen LogP contribution < -0.4 is 14.9 Å². The Labute approximate surface area is 192 Å². The van der Waals surface area contributed by atoms with E-state index in [2.05, 4.69) is 10.0 Å². The van der Waals surface area contributed by atoms with E-state index in [9.17, 15) is 17.6 Å². The van der Waals surface area contributed by atoms with Gasteiger partial charge in [0, 0.05) is 30.9 Å². The summed E-state index contributed by atoms with van der Waals surface area (Å²) in [6.07, 6.45) is 0. The average Bonchev–Trinajstić information content (AvgIpc) is 2.84. The first-order chi connectivity index (χ1) is 15.9. The fourth-order valence-corrected chi connectivity index (χ4v) is 4.57. The lowest BCUT2D eigenvalue weighted by atomic mass is 10.2. The number of hydrogen-bond donors (Lipinski definition) is 2. The second-order valence-corrected chi connectivity index (χ2v) is 9.32. The SMILES string of the molecule is O=C(Nc1ccc(N2CCOCC2)c(F)c1)c1cccc(S(=O)(=O)NCc2ccccc2)c1. The van der Waals surface area contributed by atoms with E-state index in [0.29, 0.717) is 32.0 Å². The third-order valence-corrected chi connectivity index (χ3v) is 6.67. The van der Waals surface area contributed by atoms with E-state index in [1.165, 1.54) is 30.3 Å². The van der Waals surface area contributed by atoms with E-state index in [1.54, 1.807) is 12.1 Å². The number of rotatable bonds is 7. The molecule has 172 valence electrons. The number of anilines is 2. The van der Waals surface area contributed by atoms with Crippen LogP contribution in [0, 0.1) is 5.82 Å². The summed E-state index contributed by atoms with van der Waals surface area (Å²) in [5, 5.41) is 2.63. The zero-order valence-corrected chi connectivity index (χ0v) is 18.6. The average molecular weight is 470 g/mol. The second kappa shape index (κ2) is 10.1. The van der Waals surface area contributed by atoms with Crippen LogP contribution in [0.5, 0.6) is 0 Å². The molecule has 7 nitrogen and oxygen atoms in total. The molecule has 1 amide bonds. The van der Waals surface area contributed by atoms with Crippen molar-refractivity contribution in [2.24, 2.45) is 0 Å². The van der Waals surface area contributed by atoms with Crippen LogP contribution in [0.25, 0.3) is 0 Å². The van der Waals surface area contributed by atoms with Gasteiger partial charge in [-0.15, -0.1) is 0 Å². The van der Waals surface area contributed by atoms with Crippen molar-refractivity contribution in [3.63, 3.8) is 0 Å². The fourth-order valence-electron chi connectivity index (χ4n) is 3.51. The molecule has 1 saturated heterocycles. The minimum Gasteiger partial charge on any atom is -0.378 e. The molecule has 0 saturated carbocycles. The van der Waals surface area contributed by atoms with Gasteiger partial charge in [0.25, 0.3) is 5.91 Å². The third-order valence-electron chi connectivity index (χ3n) is 5.27. The van der Waals surface area contributed by atoms with E-state index in [1.807, 2.05) is 35.2 Å². The number of benzene rings is 3. The van der Waals surface area contributed by atoms with Crippen molar-refractivity contribution in [2.45, 2.75) is 11.4 Å². The molecule has 2 N–H and O–H groups in total. The second-order valence-electron chi connectivity index (χ2n) is 7.56. The predicted octanol–water partition coefficient (Wildman–Crippen LogP) is 3.39. The van der Waals surface area contributed by atoms with Gasteiger partial charge in [-0.2, -0.15) is 0 Å². The highest BCUT2D eigenvalue weighted by atomic mass is 32.2. The highest BCUT2D eigenvalue weighted by Gasteiger charge is 2.18. The summed E-state index contributed by atoms with van der Waals surface area (Å²) in [6.45, 7) is 2.41. The van der Waals surface area contributed by atoms with Crippen molar-refractivity contribution < 1.29 is 22.3 Å². The first kappa shape index (κ1) is 22.9. The molecule has 0 spiro atoms. The Morgan fingerprint density at radius 2 is 1.73 bits per heavy atom. The summed E-state index contributed by atoms with van der Waals surface area (Å²) in [7, 11) is -3.82. The molecule has 1 fully saturated rings. The predicted molar refractivity (Wildman–Crippen MR) is 124 cm³/mol. The summed E-state index contributed by atoms with van der Waals surface area (Å²) in [5.74, 6) is -0.982. The lowest BCUT2D eigenvalue weighted by molar-refractivity contribution is 0.102. The molecule has 9 heteroatoms. The van der Waals surface area contributed by atoms with E-state index >= 15 is 0 Å². The summed E-state index contributed by atoms with van der Waals surface area (Å²) in [6, 6.07) is 19.3. The van der Waals surface area contributed by atoms with Crippen molar-refractivity contribution in [2.75, 3.05) is 36.5 Å². The Balaban J connectivity index is 1.44. The van der Waals surface area contributed by atoms with Crippen LogP contribution in [0.2, 0.25) is 0 Å². The lowest BCUT2D eigenvalue weighted by Crippen LogP contribution is -2.36. The highest BCUT2D eigenvalue weighted by Crippen LogP contribution is 2.24. The molecule has 1 heterocycles. The van der Waals surface area contributed by atoms with Gasteiger partial charge in [-0.3, -0.25) is 4.79 Å². The molecule has 1 aliphatic rings. The molecule has 1 aliphatic heterocycles. The number of hydrogen-bond acceptors (Lipinski definition) is 5. The van der Waals surface area contributed by atoms with Gasteiger partial charge in [0.15, 0.2) is 0 Å². The van der Waals surface area contributed by atoms with Crippen molar-refractivity contribution in [3.8, 4) is 0 Å². The van der Waals surface area contributed by atoms with Crippen LogP contribution in [0.15, 0.2) is 77.7 Å². The Bertz CT molecular complexity index is 1230. The Hall–Kier alpha value is -3.27. The van der Waals surface area contributed by atoms with Crippen LogP contribution >= 0.6 is 0 Å². The van der Waals surface area contributed by atoms with Gasteiger partial charge in [-0.25, -0.2) is 17.5 Å². The number of ether oxygens (including phenoxy) is 1. The van der Waals surface area contributed by atoms with Gasteiger partial charge in [0.2, 0.25) is 10.0 Å². The smallest absolute Gasteiger partial charge is 0.255 e. The quantitative estimate of drug-likeness (QED) is 0.554. The number of sulfonamides is 1. The maximum atomic E-state index is 14.6. The molecular formula is C24H24FN3O4S. The third kappa shape index (κ3) is 5.75. The Morgan fingerprint density at radius 3 is 2.45 bits per heavy atom. The molecule has 3 aromatic rings. The van der Waals surface area contributed by atoms with E-state index in [4.69, 9.17) is 4.74 Å². The zero-order chi connectivity index (χ0) is 23.3. The number of amides is 1. The molecule has 33 heavy (non-hydrogen) atoms. The molecule has 0 aromatic heterocycles. The summed E-state index contributed by atoms with van der Waals surface area (Å²) < 4.78 is 47.8. The summed E-state index contributed by atoms with van der Waals surface area (Å²) in [4.78, 5) is 14.6. The first-order valence-electron chi connectivity index (χ1n) is 10.5. The van der Waals surface area contributed by atoms with Gasteiger partial charge >= 0.3 is 0 Å². The number of morpholine rings is 1. The minimum atomic E-state index is -3.82. The van der Waals surface area contributed by atoms with Crippen molar-refractivity contribution in [1.82, 2.24) is 4.72 Å². The Kier molecular flexibility index (Phi) is 7.02. The molecular weight excluding hydrogens is 445 g/mol. The van der Waals surface area contributed by atoms with Crippen molar-refractivity contribution in [3.05, 3.63) is 89.7 Å². The largest absolute Gasteiger partial charge is 0.378 e. The minimum absolute atomic E-state index is 0.0278. The van der Waals surface area contributed by atoms with E-state index in [-0.39, 0.29) is 22.7 Å². The van der Waals surface area contributed by atoms with Crippen LogP contribution in [0.3, 0.4) is 0 Å². The maximum absolute atomic E-state index is 14.6. The van der Waals surface area contributed by atoms with Crippen molar-refractivity contribution in [1.29, 1.82) is 0 Å². The normalized spacial score (nSPS) is 14.2. The fraction of sp³-hybridized carbons (Fsp3) is 0.208. The maximum Gasteiger partial charge on any atom is 0.255 e. The molecule has 0 radical (unpaired) electrons. The van der Waals surface area contributed by atoms with E-state index in [0.717, 1.165) is 5.56 Å². The topological polar surface area (TPSA) is 87.7 Å². The molecule has 3 aromatic carbocycles. The lowest BCUT2D eigenvalue weighted by Gasteiger charge is -2.29. The van der Waals surface area contributed by atoms with Crippen molar-refractivity contribution >= 4 is 27.3 Å². The molecule has 0 atom stereocenters. The van der Waals surface area contributed by atoms with Gasteiger partial charge < -0.3 is 15.0 Å². The molecule has 0 aliphatic carbocycles. The molecule has 4 rings (SSSR count). The van der Waals surface area contributed by atoms with E-state index < -0.39 is 21.7 Å². The number of nitrogens with one attached hydrogen (secondary N) is 2. The summed E-state index contributed by atoms with van der Waals surface area (Å²) >= 11 is 0. The zero-order valence-electron chi connectivity index (χ0n) is 17.8.